The molecule has 0 saturated carbocycles. The van der Waals surface area contributed by atoms with Crippen molar-refractivity contribution in [2.75, 3.05) is 32.3 Å². The Hall–Kier alpha value is -2.55. The molecule has 1 saturated heterocycles. The van der Waals surface area contributed by atoms with Gasteiger partial charge in [0.15, 0.2) is 21.3 Å². The molecule has 9 heteroatoms. The molecule has 140 valence electrons. The largest absolute Gasteiger partial charge is 0.504 e. The van der Waals surface area contributed by atoms with Gasteiger partial charge in [-0.3, -0.25) is 9.99 Å². The molecule has 0 amide bonds. The molecule has 0 bridgehead atoms. The van der Waals surface area contributed by atoms with E-state index in [9.17, 15) is 13.5 Å². The Morgan fingerprint density at radius 1 is 1.31 bits per heavy atom. The lowest BCUT2D eigenvalue weighted by atomic mass is 10.1. The zero-order valence-corrected chi connectivity index (χ0v) is 15.7. The van der Waals surface area contributed by atoms with Crippen LogP contribution in [0, 0.1) is 0 Å². The number of benzene rings is 1. The van der Waals surface area contributed by atoms with E-state index in [1.165, 1.54) is 20.3 Å². The molecule has 1 aliphatic heterocycles. The number of rotatable bonds is 4. The smallest absolute Gasteiger partial charge is 0.203 e. The molecule has 1 aliphatic rings. The van der Waals surface area contributed by atoms with Crippen molar-refractivity contribution in [1.82, 2.24) is 9.99 Å². The fraction of sp³-hybridized carbons (Fsp3) is 0.412. The molecule has 1 aromatic heterocycles. The van der Waals surface area contributed by atoms with Crippen LogP contribution in [0.2, 0.25) is 0 Å². The van der Waals surface area contributed by atoms with Gasteiger partial charge >= 0.3 is 0 Å². The molecule has 1 atom stereocenters. The summed E-state index contributed by atoms with van der Waals surface area (Å²) in [6.45, 7) is 2.20. The molecule has 0 aliphatic carbocycles. The van der Waals surface area contributed by atoms with Crippen LogP contribution in [0.4, 0.5) is 0 Å². The molecular weight excluding hydrogens is 358 g/mol. The number of aromatic nitrogens is 1. The maximum absolute atomic E-state index is 11.7. The highest BCUT2D eigenvalue weighted by atomic mass is 32.2. The molecule has 3 rings (SSSR count). The minimum atomic E-state index is -2.98. The van der Waals surface area contributed by atoms with Gasteiger partial charge in [-0.25, -0.2) is 8.42 Å². The normalized spacial score (nSPS) is 19.8. The van der Waals surface area contributed by atoms with E-state index >= 15 is 0 Å². The summed E-state index contributed by atoms with van der Waals surface area (Å²) in [6.07, 6.45) is 3.27. The van der Waals surface area contributed by atoms with Crippen molar-refractivity contribution < 1.29 is 23.0 Å². The third-order valence-corrected chi connectivity index (χ3v) is 6.09. The number of hydrogen-bond acceptors (Lipinski definition) is 8. The van der Waals surface area contributed by atoms with Crippen LogP contribution in [0.25, 0.3) is 10.9 Å². The molecule has 1 N–H and O–H groups in total. The van der Waals surface area contributed by atoms with Gasteiger partial charge in [0, 0.05) is 23.2 Å². The summed E-state index contributed by atoms with van der Waals surface area (Å²) in [4.78, 5) is 4.33. The number of ether oxygens (including phenoxy) is 2. The van der Waals surface area contributed by atoms with Crippen LogP contribution in [0.3, 0.4) is 0 Å². The van der Waals surface area contributed by atoms with Crippen LogP contribution in [0.15, 0.2) is 23.4 Å². The van der Waals surface area contributed by atoms with E-state index in [4.69, 9.17) is 9.47 Å². The first kappa shape index (κ1) is 18.2. The summed E-state index contributed by atoms with van der Waals surface area (Å²) in [6, 6.07) is 3.16. The molecule has 0 spiro atoms. The van der Waals surface area contributed by atoms with Crippen molar-refractivity contribution in [3.05, 3.63) is 23.9 Å². The van der Waals surface area contributed by atoms with Crippen LogP contribution in [-0.4, -0.2) is 68.0 Å². The zero-order chi connectivity index (χ0) is 18.9. The number of aromatic hydroxyl groups is 1. The van der Waals surface area contributed by atoms with Gasteiger partial charge in [-0.1, -0.05) is 0 Å². The van der Waals surface area contributed by atoms with Crippen LogP contribution in [0.1, 0.15) is 12.5 Å². The van der Waals surface area contributed by atoms with Crippen molar-refractivity contribution >= 4 is 27.0 Å². The van der Waals surface area contributed by atoms with Crippen LogP contribution >= 0.6 is 0 Å². The first-order chi connectivity index (χ1) is 12.3. The van der Waals surface area contributed by atoms with Crippen molar-refractivity contribution in [2.45, 2.75) is 13.0 Å². The number of phenols is 1. The first-order valence-corrected chi connectivity index (χ1v) is 9.91. The van der Waals surface area contributed by atoms with Gasteiger partial charge in [-0.15, -0.1) is 0 Å². The van der Waals surface area contributed by atoms with E-state index in [0.29, 0.717) is 23.2 Å². The monoisotopic (exact) mass is 379 g/mol. The standard InChI is InChI=1S/C17H21N3O5S/c1-11-10-26(22,23)5-4-20(11)19-9-12-6-13-14(18-8-12)7-15(21)17(25-3)16(13)24-2/h6-9,11,21H,4-5,10H2,1-3H3. The predicted molar refractivity (Wildman–Crippen MR) is 98.9 cm³/mol. The highest BCUT2D eigenvalue weighted by Crippen LogP contribution is 2.42. The van der Waals surface area contributed by atoms with Crippen LogP contribution in [0.5, 0.6) is 17.2 Å². The van der Waals surface area contributed by atoms with Gasteiger partial charge in [-0.2, -0.15) is 5.10 Å². The molecule has 2 aromatic rings. The third-order valence-electron chi connectivity index (χ3n) is 4.30. The average Bonchev–Trinajstić information content (AvgIpc) is 2.59. The van der Waals surface area contributed by atoms with E-state index < -0.39 is 9.84 Å². The lowest BCUT2D eigenvalue weighted by Gasteiger charge is -2.30. The van der Waals surface area contributed by atoms with Gasteiger partial charge in [0.05, 0.1) is 50.0 Å². The molecule has 8 nitrogen and oxygen atoms in total. The van der Waals surface area contributed by atoms with Gasteiger partial charge in [-0.05, 0) is 13.0 Å². The number of hydrazone groups is 1. The number of methoxy groups -OCH3 is 2. The minimum absolute atomic E-state index is 0.0471. The number of sulfone groups is 1. The minimum Gasteiger partial charge on any atom is -0.504 e. The molecule has 1 fully saturated rings. The Labute approximate surface area is 152 Å². The summed E-state index contributed by atoms with van der Waals surface area (Å²) < 4.78 is 33.9. The number of pyridine rings is 1. The second-order valence-corrected chi connectivity index (χ2v) is 8.40. The third kappa shape index (κ3) is 3.52. The Morgan fingerprint density at radius 2 is 2.04 bits per heavy atom. The fourth-order valence-electron chi connectivity index (χ4n) is 2.99. The molecular formula is C17H21N3O5S. The summed E-state index contributed by atoms with van der Waals surface area (Å²) >= 11 is 0. The first-order valence-electron chi connectivity index (χ1n) is 8.09. The fourth-order valence-corrected chi connectivity index (χ4v) is 4.53. The zero-order valence-electron chi connectivity index (χ0n) is 14.8. The van der Waals surface area contributed by atoms with Gasteiger partial charge < -0.3 is 14.6 Å². The highest BCUT2D eigenvalue weighted by molar-refractivity contribution is 7.91. The predicted octanol–water partition coefficient (Wildman–Crippen LogP) is 1.41. The molecule has 1 aromatic carbocycles. The molecule has 1 unspecified atom stereocenters. The molecule has 2 heterocycles. The molecule has 26 heavy (non-hydrogen) atoms. The van der Waals surface area contributed by atoms with E-state index in [1.807, 2.05) is 13.0 Å². The quantitative estimate of drug-likeness (QED) is 0.802. The Balaban J connectivity index is 1.93. The van der Waals surface area contributed by atoms with Crippen molar-refractivity contribution in [2.24, 2.45) is 5.10 Å². The topological polar surface area (TPSA) is 101 Å². The van der Waals surface area contributed by atoms with Gasteiger partial charge in [0.1, 0.15) is 0 Å². The lowest BCUT2D eigenvalue weighted by molar-refractivity contribution is 0.239. The highest BCUT2D eigenvalue weighted by Gasteiger charge is 2.27. The number of hydrogen-bond donors (Lipinski definition) is 1. The maximum Gasteiger partial charge on any atom is 0.203 e. The molecule has 0 radical (unpaired) electrons. The van der Waals surface area contributed by atoms with Gasteiger partial charge in [0.2, 0.25) is 5.75 Å². The lowest BCUT2D eigenvalue weighted by Crippen LogP contribution is -2.43. The van der Waals surface area contributed by atoms with Crippen molar-refractivity contribution in [1.29, 1.82) is 0 Å². The Morgan fingerprint density at radius 3 is 2.69 bits per heavy atom. The maximum atomic E-state index is 11.7. The number of phenolic OH excluding ortho intramolecular Hbond substituents is 1. The van der Waals surface area contributed by atoms with Crippen LogP contribution < -0.4 is 9.47 Å². The number of nitrogens with zero attached hydrogens (tertiary/aromatic N) is 3. The van der Waals surface area contributed by atoms with E-state index in [2.05, 4.69) is 10.1 Å². The SMILES string of the molecule is COc1c(O)cc2ncc(C=NN3CCS(=O)(=O)CC3C)cc2c1OC. The van der Waals surface area contributed by atoms with E-state index in [-0.39, 0.29) is 29.0 Å². The summed E-state index contributed by atoms with van der Waals surface area (Å²) in [5.74, 6) is 0.794. The number of fused-ring (bicyclic) bond motifs is 1. The van der Waals surface area contributed by atoms with E-state index in [0.717, 1.165) is 5.56 Å². The average molecular weight is 379 g/mol. The summed E-state index contributed by atoms with van der Waals surface area (Å²) in [5, 5.41) is 16.9. The van der Waals surface area contributed by atoms with E-state index in [1.54, 1.807) is 17.4 Å². The summed E-state index contributed by atoms with van der Waals surface area (Å²) in [7, 11) is -0.0337. The summed E-state index contributed by atoms with van der Waals surface area (Å²) in [5.41, 5.74) is 1.29. The van der Waals surface area contributed by atoms with Crippen molar-refractivity contribution in [3.63, 3.8) is 0 Å². The van der Waals surface area contributed by atoms with Gasteiger partial charge in [0.25, 0.3) is 0 Å². The van der Waals surface area contributed by atoms with Crippen LogP contribution in [-0.2, 0) is 9.84 Å². The second-order valence-electron chi connectivity index (χ2n) is 6.17. The Bertz CT molecular complexity index is 959. The van der Waals surface area contributed by atoms with Crippen molar-refractivity contribution in [3.8, 4) is 17.2 Å². The second kappa shape index (κ2) is 6.99. The Kier molecular flexibility index (Phi) is 4.90.